The second-order valence-corrected chi connectivity index (χ2v) is 4.38. The number of hydrogen-bond donors (Lipinski definition) is 3. The maximum Gasteiger partial charge on any atom is 0.243 e. The maximum atomic E-state index is 10.4. The van der Waals surface area contributed by atoms with Gasteiger partial charge >= 0.3 is 0 Å². The average molecular weight is 282 g/mol. The smallest absolute Gasteiger partial charge is 0.243 e. The first-order chi connectivity index (χ1) is 9.68. The summed E-state index contributed by atoms with van der Waals surface area (Å²) in [5.41, 5.74) is 5.99. The zero-order valence-electron chi connectivity index (χ0n) is 11.5. The predicted molar refractivity (Wildman–Crippen MR) is 75.0 cm³/mol. The molecule has 1 aromatic rings. The molecule has 0 aromatic heterocycles. The molecule has 1 atom stereocenters. The molecular formula is C14H22N2O4. The van der Waals surface area contributed by atoms with Crippen molar-refractivity contribution in [1.29, 1.82) is 0 Å². The SMILES string of the molecule is NC(=O)COCCNCC(O)COCc1ccccc1. The minimum Gasteiger partial charge on any atom is -0.389 e. The lowest BCUT2D eigenvalue weighted by atomic mass is 10.2. The standard InChI is InChI=1S/C14H22N2O4/c15-14(18)11-19-7-6-16-8-13(17)10-20-9-12-4-2-1-3-5-12/h1-5,13,16-17H,6-11H2,(H2,15,18). The summed E-state index contributed by atoms with van der Waals surface area (Å²) in [6, 6.07) is 9.79. The van der Waals surface area contributed by atoms with Crippen LogP contribution in [0.2, 0.25) is 0 Å². The molecule has 6 nitrogen and oxygen atoms in total. The van der Waals surface area contributed by atoms with Crippen LogP contribution in [0.4, 0.5) is 0 Å². The zero-order valence-corrected chi connectivity index (χ0v) is 11.5. The van der Waals surface area contributed by atoms with E-state index in [-0.39, 0.29) is 13.2 Å². The van der Waals surface area contributed by atoms with Crippen LogP contribution in [-0.4, -0.2) is 50.0 Å². The number of nitrogens with one attached hydrogen (secondary N) is 1. The molecule has 1 aromatic carbocycles. The normalized spacial score (nSPS) is 12.2. The van der Waals surface area contributed by atoms with Gasteiger partial charge in [0.1, 0.15) is 6.61 Å². The summed E-state index contributed by atoms with van der Waals surface area (Å²) < 4.78 is 10.4. The van der Waals surface area contributed by atoms with Crippen LogP contribution in [0, 0.1) is 0 Å². The highest BCUT2D eigenvalue weighted by Gasteiger charge is 2.03. The Morgan fingerprint density at radius 2 is 2.05 bits per heavy atom. The van der Waals surface area contributed by atoms with Crippen LogP contribution in [0.5, 0.6) is 0 Å². The molecule has 0 bridgehead atoms. The van der Waals surface area contributed by atoms with Crippen LogP contribution >= 0.6 is 0 Å². The molecule has 0 aliphatic rings. The second-order valence-electron chi connectivity index (χ2n) is 4.38. The van der Waals surface area contributed by atoms with Crippen molar-refractivity contribution in [3.05, 3.63) is 35.9 Å². The number of primary amides is 1. The quantitative estimate of drug-likeness (QED) is 0.483. The molecule has 0 heterocycles. The number of ether oxygens (including phenoxy) is 2. The molecule has 1 amide bonds. The van der Waals surface area contributed by atoms with Gasteiger partial charge < -0.3 is 25.6 Å². The third-order valence-corrected chi connectivity index (χ3v) is 2.47. The number of aliphatic hydroxyl groups excluding tert-OH is 1. The van der Waals surface area contributed by atoms with Crippen molar-refractivity contribution < 1.29 is 19.4 Å². The largest absolute Gasteiger partial charge is 0.389 e. The Labute approximate surface area is 118 Å². The number of carbonyl (C=O) groups excluding carboxylic acids is 1. The van der Waals surface area contributed by atoms with Crippen LogP contribution in [0.25, 0.3) is 0 Å². The summed E-state index contributed by atoms with van der Waals surface area (Å²) >= 11 is 0. The number of amides is 1. The van der Waals surface area contributed by atoms with Crippen molar-refractivity contribution >= 4 is 5.91 Å². The fourth-order valence-corrected chi connectivity index (χ4v) is 1.53. The van der Waals surface area contributed by atoms with E-state index in [4.69, 9.17) is 15.2 Å². The van der Waals surface area contributed by atoms with E-state index in [2.05, 4.69) is 5.32 Å². The van der Waals surface area contributed by atoms with Gasteiger partial charge in [0.25, 0.3) is 0 Å². The average Bonchev–Trinajstić information content (AvgIpc) is 2.43. The first-order valence-corrected chi connectivity index (χ1v) is 6.55. The van der Waals surface area contributed by atoms with Crippen LogP contribution in [0.15, 0.2) is 30.3 Å². The Kier molecular flexibility index (Phi) is 8.57. The Morgan fingerprint density at radius 3 is 2.75 bits per heavy atom. The highest BCUT2D eigenvalue weighted by atomic mass is 16.5. The molecule has 1 unspecified atom stereocenters. The maximum absolute atomic E-state index is 10.4. The molecular weight excluding hydrogens is 260 g/mol. The predicted octanol–water partition coefficient (Wildman–Crippen LogP) is -0.344. The van der Waals surface area contributed by atoms with Gasteiger partial charge in [0, 0.05) is 13.1 Å². The van der Waals surface area contributed by atoms with Gasteiger partial charge in [-0.2, -0.15) is 0 Å². The van der Waals surface area contributed by atoms with Crippen molar-refractivity contribution in [3.63, 3.8) is 0 Å². The number of nitrogens with two attached hydrogens (primary N) is 1. The van der Waals surface area contributed by atoms with Gasteiger partial charge in [0.15, 0.2) is 0 Å². The summed E-state index contributed by atoms with van der Waals surface area (Å²) in [7, 11) is 0. The van der Waals surface area contributed by atoms with Gasteiger partial charge in [-0.25, -0.2) is 0 Å². The van der Waals surface area contributed by atoms with Crippen molar-refractivity contribution in [3.8, 4) is 0 Å². The van der Waals surface area contributed by atoms with Crippen LogP contribution < -0.4 is 11.1 Å². The van der Waals surface area contributed by atoms with Gasteiger partial charge in [-0.1, -0.05) is 30.3 Å². The van der Waals surface area contributed by atoms with Gasteiger partial charge in [0.05, 0.1) is 25.9 Å². The van der Waals surface area contributed by atoms with Crippen LogP contribution in [0.3, 0.4) is 0 Å². The van der Waals surface area contributed by atoms with Crippen molar-refractivity contribution in [2.45, 2.75) is 12.7 Å². The number of rotatable bonds is 11. The molecule has 1 rings (SSSR count). The fourth-order valence-electron chi connectivity index (χ4n) is 1.53. The van der Waals surface area contributed by atoms with E-state index in [9.17, 15) is 9.90 Å². The first kappa shape index (κ1) is 16.6. The second kappa shape index (κ2) is 10.3. The molecule has 112 valence electrons. The minimum atomic E-state index is -0.574. The third-order valence-electron chi connectivity index (χ3n) is 2.47. The number of aliphatic hydroxyl groups is 1. The lowest BCUT2D eigenvalue weighted by Crippen LogP contribution is -2.33. The lowest BCUT2D eigenvalue weighted by Gasteiger charge is -2.12. The topological polar surface area (TPSA) is 93.8 Å². The first-order valence-electron chi connectivity index (χ1n) is 6.55. The van der Waals surface area contributed by atoms with Crippen LogP contribution in [-0.2, 0) is 20.9 Å². The van der Waals surface area contributed by atoms with E-state index in [1.807, 2.05) is 30.3 Å². The van der Waals surface area contributed by atoms with Crippen molar-refractivity contribution in [1.82, 2.24) is 5.32 Å². The highest BCUT2D eigenvalue weighted by molar-refractivity contribution is 5.74. The summed E-state index contributed by atoms with van der Waals surface area (Å²) in [4.78, 5) is 10.4. The lowest BCUT2D eigenvalue weighted by molar-refractivity contribution is -0.122. The molecule has 4 N–H and O–H groups in total. The van der Waals surface area contributed by atoms with Gasteiger partial charge in [-0.15, -0.1) is 0 Å². The monoisotopic (exact) mass is 282 g/mol. The molecule has 0 aliphatic carbocycles. The Hall–Kier alpha value is -1.47. The molecule has 20 heavy (non-hydrogen) atoms. The van der Waals surface area contributed by atoms with E-state index in [0.29, 0.717) is 26.3 Å². The summed E-state index contributed by atoms with van der Waals surface area (Å²) in [5.74, 6) is -0.487. The van der Waals surface area contributed by atoms with Gasteiger partial charge in [0.2, 0.25) is 5.91 Å². The number of carbonyl (C=O) groups is 1. The van der Waals surface area contributed by atoms with E-state index in [1.165, 1.54) is 0 Å². The summed E-state index contributed by atoms with van der Waals surface area (Å²) in [6.07, 6.45) is -0.574. The van der Waals surface area contributed by atoms with Crippen LogP contribution in [0.1, 0.15) is 5.56 Å². The highest BCUT2D eigenvalue weighted by Crippen LogP contribution is 2.00. The van der Waals surface area contributed by atoms with E-state index >= 15 is 0 Å². The van der Waals surface area contributed by atoms with E-state index in [0.717, 1.165) is 5.56 Å². The molecule has 0 aliphatic heterocycles. The minimum absolute atomic E-state index is 0.0789. The summed E-state index contributed by atoms with van der Waals surface area (Å²) in [6.45, 7) is 2.01. The zero-order chi connectivity index (χ0) is 14.6. The molecule has 0 saturated heterocycles. The molecule has 0 fully saturated rings. The molecule has 0 spiro atoms. The van der Waals surface area contributed by atoms with E-state index < -0.39 is 12.0 Å². The fraction of sp³-hybridized carbons (Fsp3) is 0.500. The molecule has 0 radical (unpaired) electrons. The van der Waals surface area contributed by atoms with E-state index in [1.54, 1.807) is 0 Å². The van der Waals surface area contributed by atoms with Gasteiger partial charge in [-0.05, 0) is 5.56 Å². The van der Waals surface area contributed by atoms with Crippen molar-refractivity contribution in [2.24, 2.45) is 5.73 Å². The third kappa shape index (κ3) is 8.60. The van der Waals surface area contributed by atoms with Crippen molar-refractivity contribution in [2.75, 3.05) is 32.9 Å². The molecule has 6 heteroatoms. The molecule has 0 saturated carbocycles. The number of hydrogen-bond acceptors (Lipinski definition) is 5. The Balaban J connectivity index is 1.95. The van der Waals surface area contributed by atoms with Gasteiger partial charge in [-0.3, -0.25) is 4.79 Å². The Bertz CT molecular complexity index is 373. The summed E-state index contributed by atoms with van der Waals surface area (Å²) in [5, 5.41) is 12.7. The Morgan fingerprint density at radius 1 is 1.30 bits per heavy atom. The number of benzene rings is 1.